The van der Waals surface area contributed by atoms with Crippen LogP contribution in [-0.4, -0.2) is 31.5 Å². The number of halogens is 1. The van der Waals surface area contributed by atoms with Gasteiger partial charge in [-0.25, -0.2) is 4.99 Å². The van der Waals surface area contributed by atoms with Crippen molar-refractivity contribution >= 4 is 41.5 Å². The smallest absolute Gasteiger partial charge is 0.246 e. The highest BCUT2D eigenvalue weighted by Gasteiger charge is 2.02. The van der Waals surface area contributed by atoms with Gasteiger partial charge < -0.3 is 16.0 Å². The summed E-state index contributed by atoms with van der Waals surface area (Å²) < 4.78 is 0. The minimum absolute atomic E-state index is 0. The van der Waals surface area contributed by atoms with Gasteiger partial charge in [0.15, 0.2) is 5.96 Å². The van der Waals surface area contributed by atoms with Crippen molar-refractivity contribution in [3.63, 3.8) is 0 Å². The molecule has 0 aliphatic carbocycles. The topological polar surface area (TPSA) is 65.5 Å². The third-order valence-electron chi connectivity index (χ3n) is 3.11. The Morgan fingerprint density at radius 1 is 1.04 bits per heavy atom. The minimum Gasteiger partial charge on any atom is -0.357 e. The zero-order valence-corrected chi connectivity index (χ0v) is 16.4. The number of anilines is 1. The fourth-order valence-electron chi connectivity index (χ4n) is 1.97. The Kier molecular flexibility index (Phi) is 13.5. The summed E-state index contributed by atoms with van der Waals surface area (Å²) in [7, 11) is 0. The fraction of sp³-hybridized carbons (Fsp3) is 0.529. The van der Waals surface area contributed by atoms with Gasteiger partial charge in [0.25, 0.3) is 0 Å². The highest BCUT2D eigenvalue weighted by Crippen LogP contribution is 2.04. The molecule has 5 nitrogen and oxygen atoms in total. The highest BCUT2D eigenvalue weighted by molar-refractivity contribution is 14.0. The fourth-order valence-corrected chi connectivity index (χ4v) is 1.97. The molecule has 0 fully saturated rings. The molecule has 0 heterocycles. The Hall–Kier alpha value is -1.31. The molecule has 0 saturated carbocycles. The van der Waals surface area contributed by atoms with Crippen LogP contribution in [0.5, 0.6) is 0 Å². The van der Waals surface area contributed by atoms with Crippen molar-refractivity contribution < 1.29 is 4.79 Å². The predicted molar refractivity (Wildman–Crippen MR) is 109 cm³/mol. The lowest BCUT2D eigenvalue weighted by Gasteiger charge is -2.11. The number of aliphatic imine (C=N–C) groups is 1. The summed E-state index contributed by atoms with van der Waals surface area (Å²) in [5.74, 6) is 0.580. The summed E-state index contributed by atoms with van der Waals surface area (Å²) in [5.41, 5.74) is 0.792. The van der Waals surface area contributed by atoms with Crippen molar-refractivity contribution in [1.29, 1.82) is 0 Å². The van der Waals surface area contributed by atoms with Gasteiger partial charge in [-0.2, -0.15) is 0 Å². The molecule has 0 aliphatic rings. The number of nitrogens with zero attached hydrogens (tertiary/aromatic N) is 1. The molecule has 0 unspecified atom stereocenters. The second-order valence-electron chi connectivity index (χ2n) is 5.10. The van der Waals surface area contributed by atoms with E-state index in [0.717, 1.165) is 25.2 Å². The first kappa shape index (κ1) is 21.7. The van der Waals surface area contributed by atoms with Crippen molar-refractivity contribution in [3.05, 3.63) is 30.3 Å². The number of amides is 1. The Morgan fingerprint density at radius 3 is 2.43 bits per heavy atom. The predicted octanol–water partition coefficient (Wildman–Crippen LogP) is 3.38. The number of carbonyl (C=O) groups excluding carboxylic acids is 1. The van der Waals surface area contributed by atoms with Crippen LogP contribution in [0.2, 0.25) is 0 Å². The summed E-state index contributed by atoms with van der Waals surface area (Å²) in [6, 6.07) is 9.42. The van der Waals surface area contributed by atoms with Gasteiger partial charge in [-0.3, -0.25) is 4.79 Å². The van der Waals surface area contributed by atoms with Crippen molar-refractivity contribution in [3.8, 4) is 0 Å². The summed E-state index contributed by atoms with van der Waals surface area (Å²) >= 11 is 0. The largest absolute Gasteiger partial charge is 0.357 e. The average molecular weight is 432 g/mol. The molecular formula is C17H29IN4O. The average Bonchev–Trinajstić information content (AvgIpc) is 2.53. The molecular weight excluding hydrogens is 403 g/mol. The van der Waals surface area contributed by atoms with Crippen molar-refractivity contribution in [2.45, 2.75) is 39.5 Å². The third-order valence-corrected chi connectivity index (χ3v) is 3.11. The summed E-state index contributed by atoms with van der Waals surface area (Å²) in [6.45, 7) is 5.98. The first-order valence-corrected chi connectivity index (χ1v) is 8.13. The number of carbonyl (C=O) groups is 1. The number of unbranched alkanes of at least 4 members (excludes halogenated alkanes) is 3. The number of para-hydroxylation sites is 1. The summed E-state index contributed by atoms with van der Waals surface area (Å²) in [5, 5.41) is 9.23. The standard InChI is InChI=1S/C17H28N4O.HI/c1-3-5-6-10-13-19-17(18-4-2)20-14-16(22)21-15-11-8-7-9-12-15;/h7-9,11-12H,3-6,10,13-14H2,1-2H3,(H,21,22)(H2,18,19,20);1H. The Labute approximate surface area is 156 Å². The highest BCUT2D eigenvalue weighted by atomic mass is 127. The van der Waals surface area contributed by atoms with E-state index in [4.69, 9.17) is 0 Å². The van der Waals surface area contributed by atoms with Crippen LogP contribution >= 0.6 is 24.0 Å². The lowest BCUT2D eigenvalue weighted by molar-refractivity contribution is -0.114. The Bertz CT molecular complexity index is 451. The van der Waals surface area contributed by atoms with Gasteiger partial charge in [0.2, 0.25) is 5.91 Å². The van der Waals surface area contributed by atoms with Gasteiger partial charge in [0.1, 0.15) is 6.54 Å². The molecule has 0 radical (unpaired) electrons. The van der Waals surface area contributed by atoms with Crippen LogP contribution in [0.25, 0.3) is 0 Å². The second-order valence-corrected chi connectivity index (χ2v) is 5.10. The molecule has 1 amide bonds. The number of guanidine groups is 1. The molecule has 23 heavy (non-hydrogen) atoms. The number of hydrogen-bond acceptors (Lipinski definition) is 2. The molecule has 0 saturated heterocycles. The summed E-state index contributed by atoms with van der Waals surface area (Å²) in [4.78, 5) is 16.2. The second kappa shape index (κ2) is 14.3. The van der Waals surface area contributed by atoms with Crippen molar-refractivity contribution in [2.24, 2.45) is 4.99 Å². The van der Waals surface area contributed by atoms with Gasteiger partial charge in [0, 0.05) is 18.8 Å². The van der Waals surface area contributed by atoms with Gasteiger partial charge in [-0.05, 0) is 25.5 Å². The summed E-state index contributed by atoms with van der Waals surface area (Å²) in [6.07, 6.45) is 4.83. The van der Waals surface area contributed by atoms with Gasteiger partial charge in [-0.1, -0.05) is 44.4 Å². The monoisotopic (exact) mass is 432 g/mol. The third kappa shape index (κ3) is 11.0. The number of hydrogen-bond donors (Lipinski definition) is 3. The van der Waals surface area contributed by atoms with Crippen LogP contribution in [0, 0.1) is 0 Å². The van der Waals surface area contributed by atoms with Crippen LogP contribution in [0.3, 0.4) is 0 Å². The van der Waals surface area contributed by atoms with Gasteiger partial charge in [0.05, 0.1) is 0 Å². The molecule has 130 valence electrons. The number of nitrogens with one attached hydrogen (secondary N) is 3. The SMILES string of the molecule is CCCCCCNC(=NCC(=O)Nc1ccccc1)NCC.I. The van der Waals surface area contributed by atoms with E-state index in [1.54, 1.807) is 0 Å². The molecule has 1 rings (SSSR count). The van der Waals surface area contributed by atoms with Crippen LogP contribution in [0.4, 0.5) is 5.69 Å². The zero-order valence-electron chi connectivity index (χ0n) is 14.1. The van der Waals surface area contributed by atoms with Crippen molar-refractivity contribution in [1.82, 2.24) is 10.6 Å². The maximum Gasteiger partial charge on any atom is 0.246 e. The van der Waals surface area contributed by atoms with Crippen LogP contribution < -0.4 is 16.0 Å². The maximum atomic E-state index is 11.9. The van der Waals surface area contributed by atoms with Crippen LogP contribution in [0.1, 0.15) is 39.5 Å². The van der Waals surface area contributed by atoms with Gasteiger partial charge in [-0.15, -0.1) is 24.0 Å². The van der Waals surface area contributed by atoms with Crippen molar-refractivity contribution in [2.75, 3.05) is 25.0 Å². The zero-order chi connectivity index (χ0) is 16.0. The quantitative estimate of drug-likeness (QED) is 0.243. The molecule has 1 aromatic rings. The first-order chi connectivity index (χ1) is 10.8. The van der Waals surface area contributed by atoms with E-state index >= 15 is 0 Å². The van der Waals surface area contributed by atoms with E-state index in [-0.39, 0.29) is 36.4 Å². The maximum absolute atomic E-state index is 11.9. The number of benzene rings is 1. The minimum atomic E-state index is -0.116. The first-order valence-electron chi connectivity index (χ1n) is 8.13. The lowest BCUT2D eigenvalue weighted by Crippen LogP contribution is -2.38. The molecule has 0 aliphatic heterocycles. The molecule has 0 aromatic heterocycles. The Morgan fingerprint density at radius 2 is 1.78 bits per heavy atom. The van der Waals surface area contributed by atoms with E-state index in [2.05, 4.69) is 27.9 Å². The van der Waals surface area contributed by atoms with E-state index in [1.807, 2.05) is 37.3 Å². The van der Waals surface area contributed by atoms with Crippen LogP contribution in [-0.2, 0) is 4.79 Å². The van der Waals surface area contributed by atoms with E-state index < -0.39 is 0 Å². The van der Waals surface area contributed by atoms with E-state index in [1.165, 1.54) is 19.3 Å². The normalized spacial score (nSPS) is 10.6. The molecule has 0 spiro atoms. The molecule has 0 atom stereocenters. The number of rotatable bonds is 9. The van der Waals surface area contributed by atoms with Crippen LogP contribution in [0.15, 0.2) is 35.3 Å². The lowest BCUT2D eigenvalue weighted by atomic mass is 10.2. The van der Waals surface area contributed by atoms with E-state index in [9.17, 15) is 4.79 Å². The molecule has 6 heteroatoms. The molecule has 3 N–H and O–H groups in total. The molecule has 0 bridgehead atoms. The molecule has 1 aromatic carbocycles. The van der Waals surface area contributed by atoms with E-state index in [0.29, 0.717) is 5.96 Å². The van der Waals surface area contributed by atoms with Gasteiger partial charge >= 0.3 is 0 Å². The Balaban J connectivity index is 0.00000484.